The van der Waals surface area contributed by atoms with Gasteiger partial charge in [0.25, 0.3) is 11.6 Å². The van der Waals surface area contributed by atoms with E-state index in [4.69, 9.17) is 14.9 Å². The molecule has 1 amide bonds. The zero-order valence-electron chi connectivity index (χ0n) is 10.2. The molecule has 0 fully saturated rings. The lowest BCUT2D eigenvalue weighted by Crippen LogP contribution is -2.40. The fourth-order valence-corrected chi connectivity index (χ4v) is 1.48. The van der Waals surface area contributed by atoms with Crippen molar-refractivity contribution in [3.63, 3.8) is 0 Å². The summed E-state index contributed by atoms with van der Waals surface area (Å²) in [5, 5.41) is 30.9. The number of nitro benzene ring substituents is 1. The van der Waals surface area contributed by atoms with Gasteiger partial charge in [-0.3, -0.25) is 14.9 Å². The molecule has 19 heavy (non-hydrogen) atoms. The largest absolute Gasteiger partial charge is 0.496 e. The number of nitrogens with one attached hydrogen (secondary N) is 1. The van der Waals surface area contributed by atoms with Gasteiger partial charge >= 0.3 is 0 Å². The highest BCUT2D eigenvalue weighted by Crippen LogP contribution is 2.27. The molecule has 0 aromatic heterocycles. The quantitative estimate of drug-likeness (QED) is 0.481. The average Bonchev–Trinajstić information content (AvgIpc) is 2.43. The Balaban J connectivity index is 3.16. The van der Waals surface area contributed by atoms with Gasteiger partial charge in [-0.1, -0.05) is 6.07 Å². The molecule has 0 atom stereocenters. The molecular formula is C11H14N2O6. The van der Waals surface area contributed by atoms with Crippen LogP contribution in [0, 0.1) is 10.1 Å². The standard InChI is InChI=1S/C11H14N2O6/c1-19-9-4-2-3-8(13(17)18)10(9)11(16)12-7(5-14)6-15/h2-4,7,14-15H,5-6H2,1H3,(H,12,16). The third-order valence-corrected chi connectivity index (χ3v) is 2.42. The Labute approximate surface area is 108 Å². The van der Waals surface area contributed by atoms with E-state index in [9.17, 15) is 14.9 Å². The highest BCUT2D eigenvalue weighted by molar-refractivity contribution is 6.01. The summed E-state index contributed by atoms with van der Waals surface area (Å²) >= 11 is 0. The van der Waals surface area contributed by atoms with E-state index in [0.717, 1.165) is 0 Å². The molecule has 8 heteroatoms. The highest BCUT2D eigenvalue weighted by atomic mass is 16.6. The Morgan fingerprint density at radius 1 is 1.47 bits per heavy atom. The normalized spacial score (nSPS) is 10.3. The van der Waals surface area contributed by atoms with E-state index < -0.39 is 35.8 Å². The number of rotatable bonds is 6. The number of benzene rings is 1. The Bertz CT molecular complexity index is 472. The summed E-state index contributed by atoms with van der Waals surface area (Å²) in [7, 11) is 1.28. The van der Waals surface area contributed by atoms with Gasteiger partial charge in [-0.05, 0) is 6.07 Å². The van der Waals surface area contributed by atoms with Crippen molar-refractivity contribution in [3.05, 3.63) is 33.9 Å². The molecule has 0 aliphatic carbocycles. The van der Waals surface area contributed by atoms with E-state index >= 15 is 0 Å². The topological polar surface area (TPSA) is 122 Å². The van der Waals surface area contributed by atoms with Crippen LogP contribution in [0.3, 0.4) is 0 Å². The van der Waals surface area contributed by atoms with Gasteiger partial charge < -0.3 is 20.3 Å². The number of methoxy groups -OCH3 is 1. The van der Waals surface area contributed by atoms with Crippen LogP contribution < -0.4 is 10.1 Å². The molecule has 0 radical (unpaired) electrons. The molecule has 0 bridgehead atoms. The molecule has 1 aromatic rings. The van der Waals surface area contributed by atoms with Crippen LogP contribution in [0.4, 0.5) is 5.69 Å². The lowest BCUT2D eigenvalue weighted by atomic mass is 10.1. The molecular weight excluding hydrogens is 256 g/mol. The maximum atomic E-state index is 12.0. The summed E-state index contributed by atoms with van der Waals surface area (Å²) in [6.45, 7) is -0.962. The van der Waals surface area contributed by atoms with Crippen molar-refractivity contribution in [2.75, 3.05) is 20.3 Å². The van der Waals surface area contributed by atoms with Gasteiger partial charge in [-0.2, -0.15) is 0 Å². The highest BCUT2D eigenvalue weighted by Gasteiger charge is 2.26. The maximum Gasteiger partial charge on any atom is 0.285 e. The number of carbonyl (C=O) groups excluding carboxylic acids is 1. The fourth-order valence-electron chi connectivity index (χ4n) is 1.48. The molecule has 0 spiro atoms. The van der Waals surface area contributed by atoms with Crippen LogP contribution in [0.1, 0.15) is 10.4 Å². The zero-order valence-corrected chi connectivity index (χ0v) is 10.2. The lowest BCUT2D eigenvalue weighted by Gasteiger charge is -2.14. The molecule has 3 N–H and O–H groups in total. The smallest absolute Gasteiger partial charge is 0.285 e. The van der Waals surface area contributed by atoms with Gasteiger partial charge in [-0.15, -0.1) is 0 Å². The lowest BCUT2D eigenvalue weighted by molar-refractivity contribution is -0.385. The molecule has 104 valence electrons. The number of aliphatic hydroxyl groups excluding tert-OH is 2. The molecule has 0 saturated heterocycles. The number of hydrogen-bond donors (Lipinski definition) is 3. The second kappa shape index (κ2) is 6.66. The van der Waals surface area contributed by atoms with E-state index in [0.29, 0.717) is 0 Å². The van der Waals surface area contributed by atoms with E-state index in [1.807, 2.05) is 0 Å². The Kier molecular flexibility index (Phi) is 5.22. The van der Waals surface area contributed by atoms with Gasteiger partial charge in [0, 0.05) is 6.07 Å². The van der Waals surface area contributed by atoms with Crippen LogP contribution >= 0.6 is 0 Å². The molecule has 1 aromatic carbocycles. The van der Waals surface area contributed by atoms with Gasteiger partial charge in [0.05, 0.1) is 31.3 Å². The molecule has 8 nitrogen and oxygen atoms in total. The van der Waals surface area contributed by atoms with Crippen LogP contribution in [0.2, 0.25) is 0 Å². The molecule has 0 heterocycles. The van der Waals surface area contributed by atoms with E-state index in [1.54, 1.807) is 0 Å². The van der Waals surface area contributed by atoms with Crippen LogP contribution in [-0.2, 0) is 0 Å². The predicted molar refractivity (Wildman–Crippen MR) is 65.1 cm³/mol. The van der Waals surface area contributed by atoms with Crippen LogP contribution in [0.5, 0.6) is 5.75 Å². The first kappa shape index (κ1) is 14.9. The number of carbonyl (C=O) groups is 1. The minimum atomic E-state index is -0.892. The number of hydrogen-bond acceptors (Lipinski definition) is 6. The van der Waals surface area contributed by atoms with E-state index in [1.165, 1.54) is 25.3 Å². The number of nitro groups is 1. The second-order valence-corrected chi connectivity index (χ2v) is 3.65. The summed E-state index contributed by atoms with van der Waals surface area (Å²) in [5.41, 5.74) is -0.659. The molecule has 0 saturated carbocycles. The minimum Gasteiger partial charge on any atom is -0.496 e. The number of amides is 1. The SMILES string of the molecule is COc1cccc([N+](=O)[O-])c1C(=O)NC(CO)CO. The first-order valence-electron chi connectivity index (χ1n) is 5.39. The van der Waals surface area contributed by atoms with Crippen molar-refractivity contribution < 1.29 is 24.7 Å². The molecule has 0 aliphatic rings. The van der Waals surface area contributed by atoms with Crippen molar-refractivity contribution in [1.29, 1.82) is 0 Å². The third kappa shape index (κ3) is 3.39. The molecule has 0 aliphatic heterocycles. The third-order valence-electron chi connectivity index (χ3n) is 2.42. The van der Waals surface area contributed by atoms with Gasteiger partial charge in [0.1, 0.15) is 5.75 Å². The van der Waals surface area contributed by atoms with Gasteiger partial charge in [-0.25, -0.2) is 0 Å². The number of aliphatic hydroxyl groups is 2. The fraction of sp³-hybridized carbons (Fsp3) is 0.364. The zero-order chi connectivity index (χ0) is 14.4. The van der Waals surface area contributed by atoms with Crippen LogP contribution in [0.25, 0.3) is 0 Å². The van der Waals surface area contributed by atoms with Crippen LogP contribution in [-0.4, -0.2) is 47.4 Å². The number of ether oxygens (including phenoxy) is 1. The molecule has 0 unspecified atom stereocenters. The summed E-state index contributed by atoms with van der Waals surface area (Å²) in [6, 6.07) is 3.08. The van der Waals surface area contributed by atoms with Crippen LogP contribution in [0.15, 0.2) is 18.2 Å². The van der Waals surface area contributed by atoms with Gasteiger partial charge in [0.15, 0.2) is 5.56 Å². The summed E-state index contributed by atoms with van der Waals surface area (Å²) in [4.78, 5) is 22.1. The predicted octanol–water partition coefficient (Wildman–Crippen LogP) is -0.314. The number of nitrogens with zero attached hydrogens (tertiary/aromatic N) is 1. The summed E-state index contributed by atoms with van der Waals surface area (Å²) < 4.78 is 4.92. The van der Waals surface area contributed by atoms with Crippen molar-refractivity contribution >= 4 is 11.6 Å². The average molecular weight is 270 g/mol. The maximum absolute atomic E-state index is 12.0. The summed E-state index contributed by atoms with van der Waals surface area (Å²) in [6.07, 6.45) is 0. The first-order chi connectivity index (χ1) is 9.04. The van der Waals surface area contributed by atoms with Crippen molar-refractivity contribution in [2.45, 2.75) is 6.04 Å². The van der Waals surface area contributed by atoms with E-state index in [-0.39, 0.29) is 11.3 Å². The Morgan fingerprint density at radius 3 is 2.58 bits per heavy atom. The van der Waals surface area contributed by atoms with E-state index in [2.05, 4.69) is 5.32 Å². The molecule has 1 rings (SSSR count). The van der Waals surface area contributed by atoms with Crippen molar-refractivity contribution in [2.24, 2.45) is 0 Å². The minimum absolute atomic E-state index is 0.0429. The summed E-state index contributed by atoms with van der Waals surface area (Å²) in [5.74, 6) is -0.751. The Morgan fingerprint density at radius 2 is 2.11 bits per heavy atom. The van der Waals surface area contributed by atoms with Gasteiger partial charge in [0.2, 0.25) is 0 Å². The Hall–Kier alpha value is -2.19. The van der Waals surface area contributed by atoms with Crippen molar-refractivity contribution in [1.82, 2.24) is 5.32 Å². The first-order valence-corrected chi connectivity index (χ1v) is 5.39. The monoisotopic (exact) mass is 270 g/mol. The van der Waals surface area contributed by atoms with Crippen molar-refractivity contribution in [3.8, 4) is 5.75 Å². The second-order valence-electron chi connectivity index (χ2n) is 3.65.